The smallest absolute Gasteiger partial charge is 0.164 e. The Kier molecular flexibility index (Phi) is 6.78. The molecule has 0 saturated carbocycles. The third kappa shape index (κ3) is 5.13. The molecular formula is C47H29N3O. The molecule has 2 heterocycles. The van der Waals surface area contributed by atoms with E-state index in [2.05, 4.69) is 127 Å². The Morgan fingerprint density at radius 2 is 0.882 bits per heavy atom. The third-order valence-corrected chi connectivity index (χ3v) is 9.70. The molecule has 51 heavy (non-hydrogen) atoms. The van der Waals surface area contributed by atoms with Crippen molar-refractivity contribution < 1.29 is 4.42 Å². The highest BCUT2D eigenvalue weighted by Crippen LogP contribution is 2.42. The molecule has 0 N–H and O–H groups in total. The maximum absolute atomic E-state index is 6.67. The maximum Gasteiger partial charge on any atom is 0.164 e. The fourth-order valence-electron chi connectivity index (χ4n) is 7.14. The molecule has 4 nitrogen and oxygen atoms in total. The van der Waals surface area contributed by atoms with Gasteiger partial charge in [0.25, 0.3) is 0 Å². The van der Waals surface area contributed by atoms with Gasteiger partial charge in [-0.3, -0.25) is 0 Å². The van der Waals surface area contributed by atoms with Gasteiger partial charge in [0, 0.05) is 33.0 Å². The molecule has 4 heteroatoms. The molecule has 0 amide bonds. The van der Waals surface area contributed by atoms with Gasteiger partial charge in [0.05, 0.1) is 0 Å². The Morgan fingerprint density at radius 3 is 1.69 bits per heavy atom. The van der Waals surface area contributed by atoms with Crippen molar-refractivity contribution in [2.24, 2.45) is 0 Å². The monoisotopic (exact) mass is 651 g/mol. The van der Waals surface area contributed by atoms with Gasteiger partial charge in [0.1, 0.15) is 11.2 Å². The number of aromatic nitrogens is 3. The van der Waals surface area contributed by atoms with Gasteiger partial charge in [-0.25, -0.2) is 15.0 Å². The van der Waals surface area contributed by atoms with Gasteiger partial charge in [0.2, 0.25) is 0 Å². The van der Waals surface area contributed by atoms with Gasteiger partial charge in [-0.1, -0.05) is 140 Å². The van der Waals surface area contributed by atoms with Gasteiger partial charge in [-0.15, -0.1) is 0 Å². The van der Waals surface area contributed by atoms with Gasteiger partial charge >= 0.3 is 0 Å². The minimum atomic E-state index is 0.596. The standard InChI is InChI=1S/C47H29N3O/c1-3-11-30(12-4-1)35-22-19-32-21-24-37(29-38(32)28-35)46-48-45(33-14-5-2-6-15-33)49-47(50-46)41-26-25-39(36-23-20-31-13-7-8-16-34(31)27-36)44-43(41)40-17-9-10-18-42(40)51-44/h1-29H. The predicted octanol–water partition coefficient (Wildman–Crippen LogP) is 12.4. The second-order valence-corrected chi connectivity index (χ2v) is 12.8. The zero-order chi connectivity index (χ0) is 33.7. The van der Waals surface area contributed by atoms with Crippen LogP contribution in [0.3, 0.4) is 0 Å². The van der Waals surface area contributed by atoms with Crippen LogP contribution in [0.4, 0.5) is 0 Å². The van der Waals surface area contributed by atoms with Crippen molar-refractivity contribution in [3.63, 3.8) is 0 Å². The summed E-state index contributed by atoms with van der Waals surface area (Å²) in [5, 5.41) is 6.68. The van der Waals surface area contributed by atoms with Crippen LogP contribution in [0.1, 0.15) is 0 Å². The summed E-state index contributed by atoms with van der Waals surface area (Å²) >= 11 is 0. The second kappa shape index (κ2) is 11.9. The Labute approximate surface area is 294 Å². The van der Waals surface area contributed by atoms with Gasteiger partial charge in [-0.05, 0) is 74.6 Å². The molecule has 10 aromatic rings. The van der Waals surface area contributed by atoms with Gasteiger partial charge in [0.15, 0.2) is 17.5 Å². The molecule has 0 unspecified atom stereocenters. The summed E-state index contributed by atoms with van der Waals surface area (Å²) in [5.74, 6) is 1.83. The fraction of sp³-hybridized carbons (Fsp3) is 0. The van der Waals surface area contributed by atoms with Crippen LogP contribution in [0.15, 0.2) is 180 Å². The summed E-state index contributed by atoms with van der Waals surface area (Å²) in [7, 11) is 0. The molecule has 0 spiro atoms. The van der Waals surface area contributed by atoms with E-state index in [9.17, 15) is 0 Å². The number of hydrogen-bond donors (Lipinski definition) is 0. The number of rotatable bonds is 5. The average Bonchev–Trinajstić information content (AvgIpc) is 3.60. The van der Waals surface area contributed by atoms with E-state index >= 15 is 0 Å². The largest absolute Gasteiger partial charge is 0.455 e. The van der Waals surface area contributed by atoms with Crippen LogP contribution >= 0.6 is 0 Å². The first-order chi connectivity index (χ1) is 25.2. The van der Waals surface area contributed by atoms with E-state index in [1.807, 2.05) is 48.5 Å². The molecule has 0 radical (unpaired) electrons. The van der Waals surface area contributed by atoms with Crippen molar-refractivity contribution in [1.29, 1.82) is 0 Å². The highest BCUT2D eigenvalue weighted by molar-refractivity contribution is 6.16. The van der Waals surface area contributed by atoms with E-state index < -0.39 is 0 Å². The van der Waals surface area contributed by atoms with E-state index in [4.69, 9.17) is 19.4 Å². The number of hydrogen-bond acceptors (Lipinski definition) is 4. The molecule has 2 aromatic heterocycles. The molecule has 0 bridgehead atoms. The van der Waals surface area contributed by atoms with Crippen LogP contribution < -0.4 is 0 Å². The molecule has 0 aliphatic heterocycles. The van der Waals surface area contributed by atoms with E-state index in [-0.39, 0.29) is 0 Å². The molecule has 0 fully saturated rings. The van der Waals surface area contributed by atoms with Crippen LogP contribution in [0, 0.1) is 0 Å². The molecule has 238 valence electrons. The first kappa shape index (κ1) is 29.0. The number of fused-ring (bicyclic) bond motifs is 5. The van der Waals surface area contributed by atoms with Crippen molar-refractivity contribution in [2.45, 2.75) is 0 Å². The lowest BCUT2D eigenvalue weighted by Crippen LogP contribution is -2.00. The van der Waals surface area contributed by atoms with Crippen LogP contribution in [0.2, 0.25) is 0 Å². The lowest BCUT2D eigenvalue weighted by Gasteiger charge is -2.12. The highest BCUT2D eigenvalue weighted by Gasteiger charge is 2.21. The topological polar surface area (TPSA) is 51.8 Å². The zero-order valence-corrected chi connectivity index (χ0v) is 27.5. The predicted molar refractivity (Wildman–Crippen MR) is 209 cm³/mol. The normalized spacial score (nSPS) is 11.5. The van der Waals surface area contributed by atoms with Gasteiger partial charge < -0.3 is 4.42 Å². The van der Waals surface area contributed by atoms with Crippen LogP contribution in [-0.4, -0.2) is 15.0 Å². The Morgan fingerprint density at radius 1 is 0.333 bits per heavy atom. The summed E-state index contributed by atoms with van der Waals surface area (Å²) in [4.78, 5) is 15.4. The SMILES string of the molecule is c1ccc(-c2ccc3ccc(-c4nc(-c5ccccc5)nc(-c5ccc(-c6ccc7ccccc7c6)c6oc7ccccc7c56)n4)cc3c2)cc1. The minimum Gasteiger partial charge on any atom is -0.455 e. The van der Waals surface area contributed by atoms with Crippen molar-refractivity contribution in [2.75, 3.05) is 0 Å². The van der Waals surface area contributed by atoms with Crippen molar-refractivity contribution in [3.8, 4) is 56.4 Å². The number of furan rings is 1. The van der Waals surface area contributed by atoms with E-state index in [1.54, 1.807) is 0 Å². The summed E-state index contributed by atoms with van der Waals surface area (Å²) in [5.41, 5.74) is 8.85. The minimum absolute atomic E-state index is 0.596. The lowest BCUT2D eigenvalue weighted by molar-refractivity contribution is 0.670. The highest BCUT2D eigenvalue weighted by atomic mass is 16.3. The maximum atomic E-state index is 6.67. The Hall–Kier alpha value is -6.91. The molecule has 0 atom stereocenters. The molecular weight excluding hydrogens is 623 g/mol. The number of benzene rings is 8. The third-order valence-electron chi connectivity index (χ3n) is 9.70. The number of para-hydroxylation sites is 1. The van der Waals surface area contributed by atoms with E-state index in [0.717, 1.165) is 60.5 Å². The summed E-state index contributed by atoms with van der Waals surface area (Å²) in [6, 6.07) is 61.1. The first-order valence-electron chi connectivity index (χ1n) is 17.1. The van der Waals surface area contributed by atoms with Crippen molar-refractivity contribution in [3.05, 3.63) is 176 Å². The summed E-state index contributed by atoms with van der Waals surface area (Å²) < 4.78 is 6.67. The molecule has 0 saturated heterocycles. The summed E-state index contributed by atoms with van der Waals surface area (Å²) in [6.07, 6.45) is 0. The second-order valence-electron chi connectivity index (χ2n) is 12.8. The molecule has 0 aliphatic rings. The quantitative estimate of drug-likeness (QED) is 0.186. The molecule has 8 aromatic carbocycles. The zero-order valence-electron chi connectivity index (χ0n) is 27.5. The molecule has 10 rings (SSSR count). The van der Waals surface area contributed by atoms with Crippen LogP contribution in [0.5, 0.6) is 0 Å². The average molecular weight is 652 g/mol. The van der Waals surface area contributed by atoms with Gasteiger partial charge in [-0.2, -0.15) is 0 Å². The van der Waals surface area contributed by atoms with Crippen LogP contribution in [-0.2, 0) is 0 Å². The first-order valence-corrected chi connectivity index (χ1v) is 17.1. The summed E-state index contributed by atoms with van der Waals surface area (Å²) in [6.45, 7) is 0. The van der Waals surface area contributed by atoms with Crippen LogP contribution in [0.25, 0.3) is 99.9 Å². The lowest BCUT2D eigenvalue weighted by atomic mass is 9.96. The van der Waals surface area contributed by atoms with E-state index in [1.165, 1.54) is 21.9 Å². The fourth-order valence-corrected chi connectivity index (χ4v) is 7.14. The van der Waals surface area contributed by atoms with Crippen molar-refractivity contribution >= 4 is 43.5 Å². The van der Waals surface area contributed by atoms with E-state index in [0.29, 0.717) is 17.5 Å². The Bertz CT molecular complexity index is 2910. The van der Waals surface area contributed by atoms with Crippen molar-refractivity contribution in [1.82, 2.24) is 15.0 Å². The Balaban J connectivity index is 1.19. The number of nitrogens with zero attached hydrogens (tertiary/aromatic N) is 3. The molecule has 0 aliphatic carbocycles.